The van der Waals surface area contributed by atoms with Gasteiger partial charge in [0.1, 0.15) is 0 Å². The molecule has 2 heterocycles. The van der Waals surface area contributed by atoms with Crippen LogP contribution in [0.3, 0.4) is 0 Å². The quantitative estimate of drug-likeness (QED) is 0.787. The van der Waals surface area contributed by atoms with Gasteiger partial charge < -0.3 is 20.5 Å². The van der Waals surface area contributed by atoms with Gasteiger partial charge in [-0.2, -0.15) is 0 Å². The molecule has 0 saturated carbocycles. The molecular formula is C14H21N3O3. The lowest BCUT2D eigenvalue weighted by Crippen LogP contribution is -2.31. The number of aliphatic hydroxyl groups is 1. The number of aromatic nitrogens is 1. The Morgan fingerprint density at radius 3 is 3.10 bits per heavy atom. The summed E-state index contributed by atoms with van der Waals surface area (Å²) in [5, 5.41) is 8.97. The van der Waals surface area contributed by atoms with Crippen LogP contribution in [0.1, 0.15) is 36.2 Å². The van der Waals surface area contributed by atoms with Crippen LogP contribution < -0.4 is 10.6 Å². The highest BCUT2D eigenvalue weighted by Gasteiger charge is 2.27. The highest BCUT2D eigenvalue weighted by atomic mass is 16.5. The van der Waals surface area contributed by atoms with Gasteiger partial charge in [-0.1, -0.05) is 0 Å². The molecule has 1 saturated heterocycles. The molecule has 0 amide bonds. The van der Waals surface area contributed by atoms with Crippen molar-refractivity contribution in [1.82, 2.24) is 4.98 Å². The standard InChI is InChI=1S/C14H21N3O3/c1-20-14(19)12-7-6-11(15)13(16-12)17-8-2-4-10(17)5-3-9-18/h6-7,10,18H,2-5,8-9,15H2,1H3. The zero-order chi connectivity index (χ0) is 14.5. The Hall–Kier alpha value is -1.82. The van der Waals surface area contributed by atoms with Crippen molar-refractivity contribution in [3.8, 4) is 0 Å². The fraction of sp³-hybridized carbons (Fsp3) is 0.571. The minimum Gasteiger partial charge on any atom is -0.464 e. The van der Waals surface area contributed by atoms with Crippen LogP contribution in [0.25, 0.3) is 0 Å². The van der Waals surface area contributed by atoms with E-state index in [-0.39, 0.29) is 12.3 Å². The number of esters is 1. The molecule has 0 spiro atoms. The zero-order valence-corrected chi connectivity index (χ0v) is 11.7. The summed E-state index contributed by atoms with van der Waals surface area (Å²) in [5.41, 5.74) is 6.83. The Labute approximate surface area is 118 Å². The van der Waals surface area contributed by atoms with Crippen molar-refractivity contribution in [2.45, 2.75) is 31.7 Å². The van der Waals surface area contributed by atoms with Crippen molar-refractivity contribution in [1.29, 1.82) is 0 Å². The summed E-state index contributed by atoms with van der Waals surface area (Å²) in [6, 6.07) is 3.59. The van der Waals surface area contributed by atoms with E-state index in [1.807, 2.05) is 0 Å². The maximum atomic E-state index is 11.6. The number of anilines is 2. The van der Waals surface area contributed by atoms with E-state index in [2.05, 4.69) is 9.88 Å². The summed E-state index contributed by atoms with van der Waals surface area (Å²) in [7, 11) is 1.33. The number of methoxy groups -OCH3 is 1. The molecule has 110 valence electrons. The van der Waals surface area contributed by atoms with Crippen LogP contribution in [0.4, 0.5) is 11.5 Å². The maximum absolute atomic E-state index is 11.6. The summed E-state index contributed by atoms with van der Waals surface area (Å²) >= 11 is 0. The molecule has 1 atom stereocenters. The van der Waals surface area contributed by atoms with Gasteiger partial charge in [-0.15, -0.1) is 0 Å². The van der Waals surface area contributed by atoms with Crippen LogP contribution in [0.2, 0.25) is 0 Å². The van der Waals surface area contributed by atoms with E-state index < -0.39 is 5.97 Å². The number of carbonyl (C=O) groups is 1. The molecule has 1 aromatic heterocycles. The molecule has 2 rings (SSSR count). The SMILES string of the molecule is COC(=O)c1ccc(N)c(N2CCCC2CCCO)n1. The van der Waals surface area contributed by atoms with E-state index in [1.54, 1.807) is 12.1 Å². The number of nitrogen functional groups attached to an aromatic ring is 1. The first-order valence-electron chi connectivity index (χ1n) is 6.89. The summed E-state index contributed by atoms with van der Waals surface area (Å²) in [6.45, 7) is 1.06. The van der Waals surface area contributed by atoms with Gasteiger partial charge in [0, 0.05) is 19.2 Å². The van der Waals surface area contributed by atoms with E-state index in [1.165, 1.54) is 7.11 Å². The van der Waals surface area contributed by atoms with Crippen molar-refractivity contribution in [3.63, 3.8) is 0 Å². The number of ether oxygens (including phenoxy) is 1. The van der Waals surface area contributed by atoms with Crippen LogP contribution >= 0.6 is 0 Å². The van der Waals surface area contributed by atoms with Crippen LogP contribution in [-0.2, 0) is 4.74 Å². The fourth-order valence-electron chi connectivity index (χ4n) is 2.65. The number of rotatable bonds is 5. The first-order valence-corrected chi connectivity index (χ1v) is 6.89. The number of aliphatic hydroxyl groups excluding tert-OH is 1. The van der Waals surface area contributed by atoms with Gasteiger partial charge >= 0.3 is 5.97 Å². The van der Waals surface area contributed by atoms with Crippen molar-refractivity contribution < 1.29 is 14.6 Å². The molecule has 6 nitrogen and oxygen atoms in total. The smallest absolute Gasteiger partial charge is 0.356 e. The third-order valence-electron chi connectivity index (χ3n) is 3.64. The van der Waals surface area contributed by atoms with Crippen LogP contribution in [0.15, 0.2) is 12.1 Å². The predicted octanol–water partition coefficient (Wildman–Crippen LogP) is 1.19. The van der Waals surface area contributed by atoms with Crippen molar-refractivity contribution >= 4 is 17.5 Å². The Morgan fingerprint density at radius 2 is 2.40 bits per heavy atom. The molecule has 1 unspecified atom stereocenters. The lowest BCUT2D eigenvalue weighted by atomic mass is 10.1. The van der Waals surface area contributed by atoms with Gasteiger partial charge in [-0.05, 0) is 37.8 Å². The zero-order valence-electron chi connectivity index (χ0n) is 11.7. The normalized spacial score (nSPS) is 18.3. The van der Waals surface area contributed by atoms with E-state index in [4.69, 9.17) is 15.6 Å². The predicted molar refractivity (Wildman–Crippen MR) is 76.7 cm³/mol. The molecular weight excluding hydrogens is 258 g/mol. The molecule has 1 fully saturated rings. The second-order valence-corrected chi connectivity index (χ2v) is 4.96. The molecule has 1 aliphatic rings. The van der Waals surface area contributed by atoms with Crippen molar-refractivity contribution in [2.75, 3.05) is 30.9 Å². The first kappa shape index (κ1) is 14.6. The lowest BCUT2D eigenvalue weighted by Gasteiger charge is -2.27. The first-order chi connectivity index (χ1) is 9.67. The number of pyridine rings is 1. The van der Waals surface area contributed by atoms with Gasteiger partial charge in [0.05, 0.1) is 12.8 Å². The van der Waals surface area contributed by atoms with Crippen LogP contribution in [0.5, 0.6) is 0 Å². The lowest BCUT2D eigenvalue weighted by molar-refractivity contribution is 0.0594. The Bertz CT molecular complexity index is 479. The molecule has 0 bridgehead atoms. The molecule has 1 aromatic rings. The molecule has 0 radical (unpaired) electrons. The van der Waals surface area contributed by atoms with Gasteiger partial charge in [0.2, 0.25) is 0 Å². The summed E-state index contributed by atoms with van der Waals surface area (Å²) in [6.07, 6.45) is 3.79. The number of nitrogens with two attached hydrogens (primary N) is 1. The van der Waals surface area contributed by atoms with E-state index in [9.17, 15) is 4.79 Å². The molecule has 0 aromatic carbocycles. The Balaban J connectivity index is 2.24. The van der Waals surface area contributed by atoms with Crippen molar-refractivity contribution in [2.24, 2.45) is 0 Å². The summed E-state index contributed by atoms with van der Waals surface area (Å²) in [5.74, 6) is 0.186. The minimum atomic E-state index is -0.461. The summed E-state index contributed by atoms with van der Waals surface area (Å²) in [4.78, 5) is 18.1. The highest BCUT2D eigenvalue weighted by molar-refractivity contribution is 5.88. The number of carbonyl (C=O) groups excluding carboxylic acids is 1. The molecule has 0 aliphatic carbocycles. The van der Waals surface area contributed by atoms with Crippen molar-refractivity contribution in [3.05, 3.63) is 17.8 Å². The molecule has 1 aliphatic heterocycles. The minimum absolute atomic E-state index is 0.190. The number of hydrogen-bond donors (Lipinski definition) is 2. The highest BCUT2D eigenvalue weighted by Crippen LogP contribution is 2.30. The van der Waals surface area contributed by atoms with Crippen LogP contribution in [-0.4, -0.2) is 42.4 Å². The largest absolute Gasteiger partial charge is 0.464 e. The van der Waals surface area contributed by atoms with E-state index >= 15 is 0 Å². The average molecular weight is 279 g/mol. The second-order valence-electron chi connectivity index (χ2n) is 4.96. The maximum Gasteiger partial charge on any atom is 0.356 e. The van der Waals surface area contributed by atoms with E-state index in [0.29, 0.717) is 17.5 Å². The number of hydrogen-bond acceptors (Lipinski definition) is 6. The van der Waals surface area contributed by atoms with Gasteiger partial charge in [-0.25, -0.2) is 9.78 Å². The van der Waals surface area contributed by atoms with E-state index in [0.717, 1.165) is 32.2 Å². The second kappa shape index (κ2) is 6.56. The summed E-state index contributed by atoms with van der Waals surface area (Å²) < 4.78 is 4.69. The fourth-order valence-corrected chi connectivity index (χ4v) is 2.65. The molecule has 20 heavy (non-hydrogen) atoms. The third-order valence-corrected chi connectivity index (χ3v) is 3.64. The number of nitrogens with zero attached hydrogens (tertiary/aromatic N) is 2. The van der Waals surface area contributed by atoms with Crippen LogP contribution in [0, 0.1) is 0 Å². The Morgan fingerprint density at radius 1 is 1.60 bits per heavy atom. The van der Waals surface area contributed by atoms with Gasteiger partial charge in [0.25, 0.3) is 0 Å². The average Bonchev–Trinajstić information content (AvgIpc) is 2.93. The molecule has 6 heteroatoms. The monoisotopic (exact) mass is 279 g/mol. The van der Waals surface area contributed by atoms with Gasteiger partial charge in [-0.3, -0.25) is 0 Å². The van der Waals surface area contributed by atoms with Gasteiger partial charge in [0.15, 0.2) is 11.5 Å². The topological polar surface area (TPSA) is 88.7 Å². The Kier molecular flexibility index (Phi) is 4.79. The molecule has 3 N–H and O–H groups in total. The third kappa shape index (κ3) is 3.01.